The standard InChI is InChI=1S/C58H39NO/c1-4-12-40(13-5-1)43-20-29-49(30-21-43)59(50-31-22-44(23-32-50)41-14-6-2-7-15-41)51-33-24-45(25-34-51)48-28-37-57-56(39-48)53-35-27-47(42-16-8-3-9-17-42)38-55(53)54-36-26-46-18-10-11-19-52(46)58(54)60-57/h1-39H/i1D,2D,3D,4D,5D,6D,7D,8D,9D,10D,11D,12D,13D,14D,15D,16D,17D,18D,19D,20D,21D,22D,23D,24D,25D,26D,27D,28D,29D,30D,31D,32D,33D,34D,35D,36D,37D,38D,39D. The molecule has 0 atom stereocenters. The van der Waals surface area contributed by atoms with Crippen molar-refractivity contribution < 1.29 is 58.2 Å². The molecule has 0 fully saturated rings. The average molecular weight is 805 g/mol. The van der Waals surface area contributed by atoms with Gasteiger partial charge in [-0.05, 0) is 121 Å². The number of hydrogen-bond acceptors (Lipinski definition) is 2. The van der Waals surface area contributed by atoms with Gasteiger partial charge in [-0.3, -0.25) is 0 Å². The molecule has 2 heteroatoms. The van der Waals surface area contributed by atoms with Crippen molar-refractivity contribution in [1.29, 1.82) is 0 Å². The molecule has 0 aliphatic carbocycles. The van der Waals surface area contributed by atoms with Crippen molar-refractivity contribution in [2.45, 2.75) is 0 Å². The monoisotopic (exact) mass is 805 g/mol. The Balaban J connectivity index is 1.29. The largest absolute Gasteiger partial charge is 0.455 e. The first-order chi connectivity index (χ1) is 46.0. The van der Waals surface area contributed by atoms with Gasteiger partial charge in [0.15, 0.2) is 0 Å². The first-order valence-corrected chi connectivity index (χ1v) is 17.3. The Morgan fingerprint density at radius 1 is 0.300 bits per heavy atom. The molecule has 60 heavy (non-hydrogen) atoms. The van der Waals surface area contributed by atoms with Crippen molar-refractivity contribution in [2.24, 2.45) is 0 Å². The van der Waals surface area contributed by atoms with Gasteiger partial charge in [0.05, 0.1) is 53.5 Å². The maximum absolute atomic E-state index is 10.1. The van der Waals surface area contributed by atoms with Crippen LogP contribution in [0.3, 0.4) is 0 Å². The van der Waals surface area contributed by atoms with Gasteiger partial charge in [0.2, 0.25) is 0 Å². The Bertz CT molecular complexity index is 5160. The SMILES string of the molecule is [2H]c1c([2H])c([2H])c(-c2c([2H])c([2H])c(N(c3c([2H])c([2H])c(-c4c([2H])c([2H])c([2H])c([2H])c4[2H])c([2H])c3[2H])c3c([2H])c([2H])c(-c4c([2H])c([2H])c5c(c4[2H])-c4c([2H])c([2H])c(-c6c([2H])c([2H])c([2H])c([2H])c6[2H])c([2H])c4-c4c([2H])c([2H])c6c([2H])c([2H])c([2H])c([2H])c6c4O5)c([2H])c3[2H])c([2H])c2[2H])c([2H])c1[2H]. The van der Waals surface area contributed by atoms with E-state index >= 15 is 0 Å². The number of benzene rings is 10. The van der Waals surface area contributed by atoms with E-state index in [-0.39, 0.29) is 4.90 Å². The molecule has 1 heterocycles. The van der Waals surface area contributed by atoms with Crippen LogP contribution in [0.15, 0.2) is 236 Å². The van der Waals surface area contributed by atoms with Crippen LogP contribution in [-0.4, -0.2) is 0 Å². The summed E-state index contributed by atoms with van der Waals surface area (Å²) >= 11 is 0. The second-order valence-corrected chi connectivity index (χ2v) is 12.3. The molecule has 0 amide bonds. The van der Waals surface area contributed by atoms with Gasteiger partial charge in [0, 0.05) is 33.6 Å². The molecule has 0 saturated heterocycles. The van der Waals surface area contributed by atoms with E-state index in [0.717, 1.165) is 0 Å². The van der Waals surface area contributed by atoms with Crippen LogP contribution in [0.4, 0.5) is 17.1 Å². The van der Waals surface area contributed by atoms with Crippen molar-refractivity contribution in [1.82, 2.24) is 0 Å². The summed E-state index contributed by atoms with van der Waals surface area (Å²) in [4.78, 5) is 0.198. The molecule has 1 aliphatic rings. The number of fused-ring (bicyclic) bond motifs is 7. The van der Waals surface area contributed by atoms with E-state index in [1.807, 2.05) is 0 Å². The maximum Gasteiger partial charge on any atom is 0.143 e. The highest BCUT2D eigenvalue weighted by molar-refractivity contribution is 6.01. The van der Waals surface area contributed by atoms with Gasteiger partial charge >= 0.3 is 0 Å². The number of ether oxygens (including phenoxy) is 1. The van der Waals surface area contributed by atoms with Crippen molar-refractivity contribution in [2.75, 3.05) is 4.90 Å². The summed E-state index contributed by atoms with van der Waals surface area (Å²) in [5.41, 5.74) is -15.3. The van der Waals surface area contributed by atoms with Crippen LogP contribution in [0, 0.1) is 0 Å². The Labute approximate surface area is 405 Å². The van der Waals surface area contributed by atoms with Gasteiger partial charge in [-0.1, -0.05) is 175 Å². The van der Waals surface area contributed by atoms with E-state index in [1.165, 1.54) is 0 Å². The van der Waals surface area contributed by atoms with Crippen LogP contribution in [-0.2, 0) is 0 Å². The normalized spacial score (nSPS) is 20.6. The van der Waals surface area contributed by atoms with Crippen LogP contribution in [0.2, 0.25) is 0 Å². The summed E-state index contributed by atoms with van der Waals surface area (Å²) in [5, 5.41) is -1.44. The summed E-state index contributed by atoms with van der Waals surface area (Å²) in [6, 6.07) is -44.4. The molecule has 0 unspecified atom stereocenters. The van der Waals surface area contributed by atoms with E-state index in [9.17, 15) is 27.4 Å². The lowest BCUT2D eigenvalue weighted by Crippen LogP contribution is -2.09. The lowest BCUT2D eigenvalue weighted by atomic mass is 9.89. The first-order valence-electron chi connectivity index (χ1n) is 36.8. The maximum atomic E-state index is 10.1. The van der Waals surface area contributed by atoms with Crippen molar-refractivity contribution in [3.8, 4) is 78.3 Å². The summed E-state index contributed by atoms with van der Waals surface area (Å²) in [5.74, 6) is -1.96. The van der Waals surface area contributed by atoms with Crippen molar-refractivity contribution in [3.05, 3.63) is 236 Å². The molecular weight excluding hydrogens is 727 g/mol. The minimum Gasteiger partial charge on any atom is -0.455 e. The van der Waals surface area contributed by atoms with E-state index in [4.69, 9.17) is 30.8 Å². The molecule has 0 N–H and O–H groups in total. The summed E-state index contributed by atoms with van der Waals surface area (Å²) in [6.45, 7) is 0. The lowest BCUT2D eigenvalue weighted by molar-refractivity contribution is 0.493. The molecule has 0 saturated carbocycles. The van der Waals surface area contributed by atoms with Crippen LogP contribution in [0.25, 0.3) is 77.5 Å². The van der Waals surface area contributed by atoms with Gasteiger partial charge < -0.3 is 9.64 Å². The molecule has 0 radical (unpaired) electrons. The predicted octanol–water partition coefficient (Wildman–Crippen LogP) is 16.4. The zero-order valence-electron chi connectivity index (χ0n) is 68.9. The van der Waals surface area contributed by atoms with Crippen LogP contribution < -0.4 is 9.64 Å². The van der Waals surface area contributed by atoms with Gasteiger partial charge in [0.25, 0.3) is 0 Å². The molecule has 1 aliphatic heterocycles. The van der Waals surface area contributed by atoms with Gasteiger partial charge in [0.1, 0.15) is 11.5 Å². The molecule has 10 aromatic carbocycles. The molecule has 0 bridgehead atoms. The van der Waals surface area contributed by atoms with Gasteiger partial charge in [-0.15, -0.1) is 0 Å². The topological polar surface area (TPSA) is 12.5 Å². The molecular formula is C58H39NO. The third-order valence-electron chi connectivity index (χ3n) is 8.76. The number of anilines is 3. The first kappa shape index (κ1) is 13.3. The molecule has 282 valence electrons. The van der Waals surface area contributed by atoms with E-state index in [1.54, 1.807) is 0 Å². The Morgan fingerprint density at radius 2 is 0.700 bits per heavy atom. The minimum absolute atomic E-state index is 0.198. The second kappa shape index (κ2) is 15.1. The van der Waals surface area contributed by atoms with Gasteiger partial charge in [-0.2, -0.15) is 0 Å². The summed E-state index contributed by atoms with van der Waals surface area (Å²) in [6.07, 6.45) is 0. The minimum atomic E-state index is -1.46. The van der Waals surface area contributed by atoms with Crippen molar-refractivity contribution in [3.63, 3.8) is 0 Å². The molecule has 10 aromatic rings. The third-order valence-corrected chi connectivity index (χ3v) is 8.76. The van der Waals surface area contributed by atoms with Gasteiger partial charge in [-0.25, -0.2) is 0 Å². The smallest absolute Gasteiger partial charge is 0.143 e. The molecule has 0 spiro atoms. The van der Waals surface area contributed by atoms with E-state index in [0.29, 0.717) is 0 Å². The zero-order valence-corrected chi connectivity index (χ0v) is 29.9. The van der Waals surface area contributed by atoms with E-state index < -0.39 is 342 Å². The highest BCUT2D eigenvalue weighted by Gasteiger charge is 2.24. The predicted molar refractivity (Wildman–Crippen MR) is 251 cm³/mol. The lowest BCUT2D eigenvalue weighted by Gasteiger charge is -2.26. The quantitative estimate of drug-likeness (QED) is 0.159. The van der Waals surface area contributed by atoms with E-state index in [2.05, 4.69) is 0 Å². The Morgan fingerprint density at radius 3 is 1.25 bits per heavy atom. The molecule has 11 rings (SSSR count). The Kier molecular flexibility index (Phi) is 3.34. The number of hydrogen-bond donors (Lipinski definition) is 0. The summed E-state index contributed by atoms with van der Waals surface area (Å²) < 4.78 is 360. The Hall–Kier alpha value is -7.94. The molecule has 2 nitrogen and oxygen atoms in total. The number of rotatable bonds is 7. The van der Waals surface area contributed by atoms with Crippen LogP contribution >= 0.6 is 0 Å². The highest BCUT2D eigenvalue weighted by atomic mass is 16.5. The fraction of sp³-hybridized carbons (Fsp3) is 0. The zero-order chi connectivity index (χ0) is 73.8. The third kappa shape index (κ3) is 6.51. The summed E-state index contributed by atoms with van der Waals surface area (Å²) in [7, 11) is 0. The average Bonchev–Trinajstić information content (AvgIpc) is 1.66. The fourth-order valence-corrected chi connectivity index (χ4v) is 6.03. The molecule has 0 aromatic heterocycles. The fourth-order valence-electron chi connectivity index (χ4n) is 6.03. The van der Waals surface area contributed by atoms with Crippen molar-refractivity contribution >= 4 is 27.8 Å². The number of nitrogens with zero attached hydrogens (tertiary/aromatic N) is 1. The highest BCUT2D eigenvalue weighted by Crippen LogP contribution is 2.51. The second-order valence-electron chi connectivity index (χ2n) is 12.3. The van der Waals surface area contributed by atoms with Crippen LogP contribution in [0.1, 0.15) is 53.5 Å². The van der Waals surface area contributed by atoms with Crippen LogP contribution in [0.5, 0.6) is 11.5 Å².